The van der Waals surface area contributed by atoms with Crippen LogP contribution in [0.2, 0.25) is 0 Å². The quantitative estimate of drug-likeness (QED) is 0.858. The highest BCUT2D eigenvalue weighted by Crippen LogP contribution is 2.36. The molecular weight excluding hydrogens is 206 g/mol. The van der Waals surface area contributed by atoms with Crippen LogP contribution in [0.15, 0.2) is 0 Å². The summed E-state index contributed by atoms with van der Waals surface area (Å²) in [5.74, 6) is 2.58. The Morgan fingerprint density at radius 2 is 2.33 bits per heavy atom. The van der Waals surface area contributed by atoms with Crippen molar-refractivity contribution >= 4 is 16.7 Å². The van der Waals surface area contributed by atoms with Gasteiger partial charge in [-0.05, 0) is 18.8 Å². The molecule has 15 heavy (non-hydrogen) atoms. The van der Waals surface area contributed by atoms with E-state index in [0.717, 1.165) is 16.9 Å². The minimum atomic E-state index is 0.613. The maximum atomic E-state index is 4.52. The molecule has 0 aromatic carbocycles. The van der Waals surface area contributed by atoms with Crippen molar-refractivity contribution in [3.63, 3.8) is 0 Å². The van der Waals surface area contributed by atoms with Gasteiger partial charge in [0.25, 0.3) is 0 Å². The van der Waals surface area contributed by atoms with Gasteiger partial charge in [0, 0.05) is 24.5 Å². The summed E-state index contributed by atoms with van der Waals surface area (Å²) in [7, 11) is 1.90. The van der Waals surface area contributed by atoms with Crippen LogP contribution >= 0.6 is 11.5 Å². The van der Waals surface area contributed by atoms with Crippen LogP contribution in [-0.2, 0) is 0 Å². The standard InChI is InChI=1S/C11H19N3S/c1-3-8-5-4-6-9(7-8)10-13-11(12-2)15-14-10/h8-9H,3-7H2,1-2H3,(H,12,13,14). The first-order chi connectivity index (χ1) is 7.33. The molecule has 84 valence electrons. The third kappa shape index (κ3) is 2.48. The van der Waals surface area contributed by atoms with Crippen molar-refractivity contribution in [1.82, 2.24) is 9.36 Å². The number of aromatic nitrogens is 2. The Morgan fingerprint density at radius 1 is 1.47 bits per heavy atom. The van der Waals surface area contributed by atoms with Gasteiger partial charge in [0.1, 0.15) is 5.82 Å². The zero-order valence-corrected chi connectivity index (χ0v) is 10.3. The van der Waals surface area contributed by atoms with Gasteiger partial charge >= 0.3 is 0 Å². The highest BCUT2D eigenvalue weighted by Gasteiger charge is 2.24. The van der Waals surface area contributed by atoms with E-state index in [-0.39, 0.29) is 0 Å². The normalized spacial score (nSPS) is 26.5. The van der Waals surface area contributed by atoms with Gasteiger partial charge in [-0.2, -0.15) is 4.37 Å². The summed E-state index contributed by atoms with van der Waals surface area (Å²) in [6, 6.07) is 0. The maximum Gasteiger partial charge on any atom is 0.202 e. The van der Waals surface area contributed by atoms with Crippen molar-refractivity contribution in [2.75, 3.05) is 12.4 Å². The Hall–Kier alpha value is -0.640. The van der Waals surface area contributed by atoms with Crippen molar-refractivity contribution in [3.05, 3.63) is 5.82 Å². The average Bonchev–Trinajstić information content (AvgIpc) is 2.78. The van der Waals surface area contributed by atoms with Crippen LogP contribution in [0, 0.1) is 5.92 Å². The molecule has 1 aromatic heterocycles. The molecule has 0 radical (unpaired) electrons. The molecule has 1 aliphatic carbocycles. The van der Waals surface area contributed by atoms with Crippen molar-refractivity contribution < 1.29 is 0 Å². The largest absolute Gasteiger partial charge is 0.363 e. The van der Waals surface area contributed by atoms with Crippen LogP contribution in [0.3, 0.4) is 0 Å². The van der Waals surface area contributed by atoms with Crippen LogP contribution in [0.5, 0.6) is 0 Å². The first-order valence-corrected chi connectivity index (χ1v) is 6.62. The fraction of sp³-hybridized carbons (Fsp3) is 0.818. The topological polar surface area (TPSA) is 37.8 Å². The molecule has 0 amide bonds. The van der Waals surface area contributed by atoms with Crippen molar-refractivity contribution in [2.24, 2.45) is 5.92 Å². The van der Waals surface area contributed by atoms with E-state index in [1.807, 2.05) is 7.05 Å². The molecule has 0 aliphatic heterocycles. The summed E-state index contributed by atoms with van der Waals surface area (Å²) in [6.07, 6.45) is 6.61. The summed E-state index contributed by atoms with van der Waals surface area (Å²) >= 11 is 1.48. The van der Waals surface area contributed by atoms with E-state index in [2.05, 4.69) is 21.6 Å². The number of nitrogens with zero attached hydrogens (tertiary/aromatic N) is 2. The van der Waals surface area contributed by atoms with Crippen LogP contribution in [-0.4, -0.2) is 16.4 Å². The molecule has 3 nitrogen and oxygen atoms in total. The van der Waals surface area contributed by atoms with Crippen LogP contribution in [0.4, 0.5) is 5.13 Å². The van der Waals surface area contributed by atoms with E-state index >= 15 is 0 Å². The van der Waals surface area contributed by atoms with E-state index < -0.39 is 0 Å². The molecule has 1 fully saturated rings. The highest BCUT2D eigenvalue weighted by molar-refractivity contribution is 7.09. The fourth-order valence-electron chi connectivity index (χ4n) is 2.40. The van der Waals surface area contributed by atoms with Gasteiger partial charge in [0.15, 0.2) is 0 Å². The predicted molar refractivity (Wildman–Crippen MR) is 64.4 cm³/mol. The summed E-state index contributed by atoms with van der Waals surface area (Å²) in [6.45, 7) is 2.29. The second kappa shape index (κ2) is 4.92. The highest BCUT2D eigenvalue weighted by atomic mass is 32.1. The van der Waals surface area contributed by atoms with Crippen molar-refractivity contribution in [1.29, 1.82) is 0 Å². The summed E-state index contributed by atoms with van der Waals surface area (Å²) in [5.41, 5.74) is 0. The zero-order chi connectivity index (χ0) is 10.7. The van der Waals surface area contributed by atoms with Crippen molar-refractivity contribution in [2.45, 2.75) is 44.9 Å². The first kappa shape index (κ1) is 10.9. The molecule has 2 unspecified atom stereocenters. The average molecular weight is 225 g/mol. The second-order valence-electron chi connectivity index (χ2n) is 4.35. The van der Waals surface area contributed by atoms with Crippen LogP contribution in [0.25, 0.3) is 0 Å². The lowest BCUT2D eigenvalue weighted by atomic mass is 9.80. The maximum absolute atomic E-state index is 4.52. The lowest BCUT2D eigenvalue weighted by Crippen LogP contribution is -2.14. The van der Waals surface area contributed by atoms with Gasteiger partial charge < -0.3 is 5.32 Å². The predicted octanol–water partition coefficient (Wildman–Crippen LogP) is 3.26. The molecule has 1 aliphatic rings. The smallest absolute Gasteiger partial charge is 0.202 e. The SMILES string of the molecule is CCC1CCCC(c2nsc(NC)n2)C1. The molecule has 1 N–H and O–H groups in total. The Balaban J connectivity index is 2.03. The molecule has 1 aromatic rings. The minimum absolute atomic E-state index is 0.613. The van der Waals surface area contributed by atoms with E-state index in [0.29, 0.717) is 5.92 Å². The van der Waals surface area contributed by atoms with E-state index in [1.54, 1.807) is 0 Å². The van der Waals surface area contributed by atoms with Crippen molar-refractivity contribution in [3.8, 4) is 0 Å². The van der Waals surface area contributed by atoms with Gasteiger partial charge in [0.2, 0.25) is 5.13 Å². The molecule has 2 atom stereocenters. The number of anilines is 1. The van der Waals surface area contributed by atoms with Gasteiger partial charge in [-0.1, -0.05) is 26.2 Å². The Bertz CT molecular complexity index is 311. The third-order valence-corrected chi connectivity index (χ3v) is 4.13. The molecule has 0 bridgehead atoms. The van der Waals surface area contributed by atoms with Gasteiger partial charge in [-0.3, -0.25) is 0 Å². The molecule has 2 rings (SSSR count). The number of hydrogen-bond acceptors (Lipinski definition) is 4. The minimum Gasteiger partial charge on any atom is -0.363 e. The molecule has 0 saturated heterocycles. The van der Waals surface area contributed by atoms with E-state index in [4.69, 9.17) is 0 Å². The summed E-state index contributed by atoms with van der Waals surface area (Å²) < 4.78 is 4.45. The van der Waals surface area contributed by atoms with E-state index in [1.165, 1.54) is 43.6 Å². The second-order valence-corrected chi connectivity index (χ2v) is 5.10. The van der Waals surface area contributed by atoms with E-state index in [9.17, 15) is 0 Å². The number of hydrogen-bond donors (Lipinski definition) is 1. The monoisotopic (exact) mass is 225 g/mol. The Kier molecular flexibility index (Phi) is 3.57. The Labute approximate surface area is 95.5 Å². The summed E-state index contributed by atoms with van der Waals surface area (Å²) in [5, 5.41) is 4.00. The van der Waals surface area contributed by atoms with Gasteiger partial charge in [-0.15, -0.1) is 0 Å². The lowest BCUT2D eigenvalue weighted by molar-refractivity contribution is 0.308. The van der Waals surface area contributed by atoms with Crippen LogP contribution in [0.1, 0.15) is 50.8 Å². The van der Waals surface area contributed by atoms with Crippen LogP contribution < -0.4 is 5.32 Å². The molecule has 1 heterocycles. The van der Waals surface area contributed by atoms with Gasteiger partial charge in [-0.25, -0.2) is 4.98 Å². The molecule has 1 saturated carbocycles. The Morgan fingerprint density at radius 3 is 3.00 bits per heavy atom. The summed E-state index contributed by atoms with van der Waals surface area (Å²) in [4.78, 5) is 4.52. The number of nitrogens with one attached hydrogen (secondary N) is 1. The molecule has 4 heteroatoms. The first-order valence-electron chi connectivity index (χ1n) is 5.84. The lowest BCUT2D eigenvalue weighted by Gasteiger charge is -2.26. The molecule has 0 spiro atoms. The zero-order valence-electron chi connectivity index (χ0n) is 9.49. The number of rotatable bonds is 3. The molecular formula is C11H19N3S. The fourth-order valence-corrected chi connectivity index (χ4v) is 2.99. The third-order valence-electron chi connectivity index (χ3n) is 3.38. The van der Waals surface area contributed by atoms with Gasteiger partial charge in [0.05, 0.1) is 0 Å².